The minimum Gasteiger partial charge on any atom is -0.464 e. The molecule has 140 valence electrons. The molecule has 0 saturated heterocycles. The second-order valence-corrected chi connectivity index (χ2v) is 7.60. The summed E-state index contributed by atoms with van der Waals surface area (Å²) < 4.78 is 50.2. The molecule has 25 heavy (non-hydrogen) atoms. The first-order valence-electron chi connectivity index (χ1n) is 7.86. The maximum Gasteiger partial charge on any atom is 0.343 e. The summed E-state index contributed by atoms with van der Waals surface area (Å²) in [5.74, 6) is -1.49. The molecule has 0 saturated carbocycles. The molecule has 0 aliphatic carbocycles. The summed E-state index contributed by atoms with van der Waals surface area (Å²) in [5.41, 5.74) is -0.970. The van der Waals surface area contributed by atoms with Crippen molar-refractivity contribution in [2.75, 3.05) is 32.2 Å². The number of carbonyl (C=O) groups is 1. The van der Waals surface area contributed by atoms with Gasteiger partial charge in [-0.05, 0) is 19.4 Å². The van der Waals surface area contributed by atoms with Crippen molar-refractivity contribution in [3.8, 4) is 0 Å². The topological polar surface area (TPSA) is 96.0 Å². The molecule has 7 nitrogen and oxygen atoms in total. The van der Waals surface area contributed by atoms with E-state index in [2.05, 4.69) is 0 Å². The highest BCUT2D eigenvalue weighted by atomic mass is 32.2. The lowest BCUT2D eigenvalue weighted by Crippen LogP contribution is -2.51. The SMILES string of the molecule is CCOC(=O)C(C[PH+]=O)(OCC)C(COS(C)(=O)=O)c1ccccc1. The van der Waals surface area contributed by atoms with Crippen molar-refractivity contribution in [3.63, 3.8) is 0 Å². The van der Waals surface area contributed by atoms with Crippen molar-refractivity contribution in [1.82, 2.24) is 0 Å². The van der Waals surface area contributed by atoms with Crippen LogP contribution in [-0.4, -0.2) is 52.2 Å². The van der Waals surface area contributed by atoms with Gasteiger partial charge in [0, 0.05) is 6.61 Å². The normalized spacial score (nSPS) is 15.5. The number of ether oxygens (including phenoxy) is 2. The van der Waals surface area contributed by atoms with Crippen LogP contribution in [0.1, 0.15) is 25.3 Å². The van der Waals surface area contributed by atoms with Crippen molar-refractivity contribution < 1.29 is 31.4 Å². The summed E-state index contributed by atoms with van der Waals surface area (Å²) >= 11 is 0. The lowest BCUT2D eigenvalue weighted by molar-refractivity contribution is -0.173. The number of hydrogen-bond donors (Lipinski definition) is 0. The van der Waals surface area contributed by atoms with Crippen LogP contribution < -0.4 is 0 Å². The Labute approximate surface area is 150 Å². The summed E-state index contributed by atoms with van der Waals surface area (Å²) in [4.78, 5) is 12.7. The molecule has 1 aromatic rings. The van der Waals surface area contributed by atoms with Gasteiger partial charge in [0.1, 0.15) is 0 Å². The predicted molar refractivity (Wildman–Crippen MR) is 94.8 cm³/mol. The van der Waals surface area contributed by atoms with Gasteiger partial charge in [0.25, 0.3) is 10.1 Å². The van der Waals surface area contributed by atoms with Gasteiger partial charge in [-0.3, -0.25) is 4.18 Å². The van der Waals surface area contributed by atoms with E-state index < -0.39 is 36.1 Å². The molecule has 0 aromatic heterocycles. The Balaban J connectivity index is 3.43. The van der Waals surface area contributed by atoms with Gasteiger partial charge in [0.15, 0.2) is 6.16 Å². The third kappa shape index (κ3) is 6.15. The number of rotatable bonds is 11. The first kappa shape index (κ1) is 21.7. The van der Waals surface area contributed by atoms with E-state index in [1.165, 1.54) is 0 Å². The minimum absolute atomic E-state index is 0.115. The Morgan fingerprint density at radius 1 is 1.20 bits per heavy atom. The molecule has 0 spiro atoms. The van der Waals surface area contributed by atoms with E-state index in [-0.39, 0.29) is 26.0 Å². The second kappa shape index (κ2) is 9.97. The molecule has 3 unspecified atom stereocenters. The van der Waals surface area contributed by atoms with E-state index in [1.807, 2.05) is 0 Å². The maximum absolute atomic E-state index is 12.7. The Bertz CT molecular complexity index is 662. The van der Waals surface area contributed by atoms with Crippen LogP contribution in [0.5, 0.6) is 0 Å². The zero-order valence-electron chi connectivity index (χ0n) is 14.6. The van der Waals surface area contributed by atoms with Crippen LogP contribution in [0, 0.1) is 0 Å². The lowest BCUT2D eigenvalue weighted by atomic mass is 9.83. The highest BCUT2D eigenvalue weighted by Crippen LogP contribution is 2.36. The summed E-state index contributed by atoms with van der Waals surface area (Å²) in [6, 6.07) is 8.77. The zero-order chi connectivity index (χ0) is 18.9. The molecule has 1 rings (SSSR count). The highest BCUT2D eigenvalue weighted by Gasteiger charge is 2.52. The van der Waals surface area contributed by atoms with E-state index in [0.29, 0.717) is 5.56 Å². The van der Waals surface area contributed by atoms with Gasteiger partial charge in [0.2, 0.25) is 5.60 Å². The van der Waals surface area contributed by atoms with Gasteiger partial charge >= 0.3 is 14.4 Å². The summed E-state index contributed by atoms with van der Waals surface area (Å²) in [6.07, 6.45) is 0.795. The van der Waals surface area contributed by atoms with Gasteiger partial charge in [-0.15, -0.1) is 0 Å². The number of carbonyl (C=O) groups excluding carboxylic acids is 1. The Kier molecular flexibility index (Phi) is 8.65. The van der Waals surface area contributed by atoms with E-state index >= 15 is 0 Å². The van der Waals surface area contributed by atoms with E-state index in [9.17, 15) is 17.8 Å². The van der Waals surface area contributed by atoms with Gasteiger partial charge in [-0.25, -0.2) is 4.79 Å². The predicted octanol–water partition coefficient (Wildman–Crippen LogP) is 2.11. The molecule has 0 heterocycles. The highest BCUT2D eigenvalue weighted by molar-refractivity contribution is 7.85. The van der Waals surface area contributed by atoms with Crippen LogP contribution in [0.15, 0.2) is 30.3 Å². The number of esters is 1. The molecule has 0 aliphatic rings. The van der Waals surface area contributed by atoms with Gasteiger partial charge in [-0.2, -0.15) is 8.42 Å². The molecule has 0 bridgehead atoms. The first-order chi connectivity index (χ1) is 11.8. The molecule has 9 heteroatoms. The van der Waals surface area contributed by atoms with Crippen LogP contribution in [0.3, 0.4) is 0 Å². The standard InChI is InChI=1S/C16H23O7PS/c1-4-21-15(17)16(12-24-18,22-5-2)14(11-23-25(3,19)20)13-9-7-6-8-10-13/h6-10,14H,4-5,11-12H2,1-3H3/p+1. The molecular weight excluding hydrogens is 367 g/mol. The summed E-state index contributed by atoms with van der Waals surface area (Å²) in [6.45, 7) is 3.29. The van der Waals surface area contributed by atoms with E-state index in [1.54, 1.807) is 44.2 Å². The first-order valence-corrected chi connectivity index (χ1v) is 10.8. The maximum atomic E-state index is 12.7. The zero-order valence-corrected chi connectivity index (χ0v) is 16.4. The minimum atomic E-state index is -3.74. The average molecular weight is 391 g/mol. The molecule has 3 atom stereocenters. The second-order valence-electron chi connectivity index (χ2n) is 5.32. The Morgan fingerprint density at radius 2 is 1.84 bits per heavy atom. The summed E-state index contributed by atoms with van der Waals surface area (Å²) in [5, 5.41) is 0. The molecule has 0 aliphatic heterocycles. The van der Waals surface area contributed by atoms with Crippen LogP contribution >= 0.6 is 8.46 Å². The molecular formula is C16H24O7PS+. The van der Waals surface area contributed by atoms with Crippen molar-refractivity contribution >= 4 is 24.5 Å². The van der Waals surface area contributed by atoms with Gasteiger partial charge in [-0.1, -0.05) is 34.9 Å². The van der Waals surface area contributed by atoms with Crippen molar-refractivity contribution in [3.05, 3.63) is 35.9 Å². The number of hydrogen-bond acceptors (Lipinski definition) is 7. The molecule has 0 radical (unpaired) electrons. The van der Waals surface area contributed by atoms with Crippen molar-refractivity contribution in [1.29, 1.82) is 0 Å². The van der Waals surface area contributed by atoms with Crippen LogP contribution in [0.2, 0.25) is 0 Å². The smallest absolute Gasteiger partial charge is 0.343 e. The van der Waals surface area contributed by atoms with Gasteiger partial charge < -0.3 is 9.47 Å². The molecule has 0 fully saturated rings. The van der Waals surface area contributed by atoms with E-state index in [0.717, 1.165) is 6.26 Å². The quantitative estimate of drug-likeness (QED) is 0.324. The van der Waals surface area contributed by atoms with Crippen LogP contribution in [-0.2, 0) is 33.1 Å². The van der Waals surface area contributed by atoms with Crippen LogP contribution in [0.25, 0.3) is 0 Å². The van der Waals surface area contributed by atoms with Crippen LogP contribution in [0.4, 0.5) is 0 Å². The fourth-order valence-electron chi connectivity index (χ4n) is 2.54. The Hall–Kier alpha value is -1.34. The Morgan fingerprint density at radius 3 is 2.32 bits per heavy atom. The van der Waals surface area contributed by atoms with Crippen molar-refractivity contribution in [2.24, 2.45) is 0 Å². The largest absolute Gasteiger partial charge is 0.464 e. The fourth-order valence-corrected chi connectivity index (χ4v) is 3.63. The lowest BCUT2D eigenvalue weighted by Gasteiger charge is -2.34. The molecule has 0 N–H and O–H groups in total. The molecule has 0 amide bonds. The third-order valence-corrected chi connectivity index (χ3v) is 4.81. The summed E-state index contributed by atoms with van der Waals surface area (Å²) in [7, 11) is -4.57. The third-order valence-electron chi connectivity index (χ3n) is 3.57. The average Bonchev–Trinajstić information content (AvgIpc) is 2.55. The van der Waals surface area contributed by atoms with E-state index in [4.69, 9.17) is 13.7 Å². The van der Waals surface area contributed by atoms with Crippen molar-refractivity contribution in [2.45, 2.75) is 25.4 Å². The molecule has 1 aromatic carbocycles. The number of benzene rings is 1. The fraction of sp³-hybridized carbons (Fsp3) is 0.562. The van der Waals surface area contributed by atoms with Gasteiger partial charge in [0.05, 0.1) is 25.4 Å². The monoisotopic (exact) mass is 391 g/mol.